The van der Waals surface area contributed by atoms with Crippen molar-refractivity contribution in [2.75, 3.05) is 20.3 Å². The summed E-state index contributed by atoms with van der Waals surface area (Å²) in [7, 11) is 1.60. The molecule has 0 saturated carbocycles. The van der Waals surface area contributed by atoms with E-state index in [9.17, 15) is 9.18 Å². The lowest BCUT2D eigenvalue weighted by Gasteiger charge is -2.27. The van der Waals surface area contributed by atoms with E-state index in [1.54, 1.807) is 31.4 Å². The van der Waals surface area contributed by atoms with Crippen LogP contribution >= 0.6 is 0 Å². The second kappa shape index (κ2) is 9.66. The summed E-state index contributed by atoms with van der Waals surface area (Å²) in [6.45, 7) is 0.869. The predicted molar refractivity (Wildman–Crippen MR) is 115 cm³/mol. The van der Waals surface area contributed by atoms with Gasteiger partial charge in [0, 0.05) is 37.2 Å². The average Bonchev–Trinajstić information content (AvgIpc) is 2.80. The Morgan fingerprint density at radius 2 is 2.00 bits per heavy atom. The largest absolute Gasteiger partial charge is 0.475 e. The maximum atomic E-state index is 14.3. The number of halogens is 1. The minimum absolute atomic E-state index is 0.0430. The quantitative estimate of drug-likeness (QED) is 0.466. The number of nitrogens with zero attached hydrogens (tertiary/aromatic N) is 2. The zero-order valence-corrected chi connectivity index (χ0v) is 17.3. The number of hydrogen-bond donors (Lipinski definition) is 1. The average molecular weight is 421 g/mol. The van der Waals surface area contributed by atoms with Gasteiger partial charge < -0.3 is 14.8 Å². The van der Waals surface area contributed by atoms with Crippen LogP contribution in [0.1, 0.15) is 27.9 Å². The van der Waals surface area contributed by atoms with Crippen LogP contribution in [0, 0.1) is 5.95 Å². The molecule has 31 heavy (non-hydrogen) atoms. The molecule has 0 fully saturated rings. The highest BCUT2D eigenvalue weighted by Gasteiger charge is 2.24. The first kappa shape index (κ1) is 20.9. The van der Waals surface area contributed by atoms with E-state index in [1.807, 2.05) is 12.1 Å². The summed E-state index contributed by atoms with van der Waals surface area (Å²) in [6.07, 6.45) is 5.23. The molecule has 1 N–H and O–H groups in total. The lowest BCUT2D eigenvalue weighted by atomic mass is 9.83. The number of fused-ring (bicyclic) bond motifs is 1. The zero-order valence-electron chi connectivity index (χ0n) is 17.3. The van der Waals surface area contributed by atoms with Crippen LogP contribution in [0.2, 0.25) is 0 Å². The lowest BCUT2D eigenvalue weighted by Crippen LogP contribution is -2.39. The lowest BCUT2D eigenvalue weighted by molar-refractivity contribution is 0.0933. The number of aryl methyl sites for hydroxylation is 1. The van der Waals surface area contributed by atoms with Crippen molar-refractivity contribution in [1.82, 2.24) is 15.3 Å². The van der Waals surface area contributed by atoms with Crippen molar-refractivity contribution in [3.8, 4) is 17.0 Å². The molecule has 0 bridgehead atoms. The Balaban J connectivity index is 1.46. The number of benzene rings is 1. The molecule has 1 amide bonds. The highest BCUT2D eigenvalue weighted by Crippen LogP contribution is 2.32. The third-order valence-electron chi connectivity index (χ3n) is 5.41. The summed E-state index contributed by atoms with van der Waals surface area (Å²) in [6, 6.07) is 12.7. The molecule has 4 rings (SSSR count). The van der Waals surface area contributed by atoms with E-state index in [0.717, 1.165) is 24.0 Å². The first-order chi connectivity index (χ1) is 15.2. The standard InChI is InChI=1S/C24H24FN3O3/c1-30-12-13-31-22-10-8-17(15-27-22)24(29)28-18-9-7-16-4-2-5-19(21(16)14-18)20-6-3-11-26-23(20)25/h2-6,8,10-11,15,18H,7,9,12-14H2,1H3,(H,28,29). The molecule has 2 aromatic heterocycles. The molecule has 1 atom stereocenters. The van der Waals surface area contributed by atoms with Crippen LogP contribution in [0.5, 0.6) is 5.88 Å². The maximum absolute atomic E-state index is 14.3. The summed E-state index contributed by atoms with van der Waals surface area (Å²) in [5.41, 5.74) is 4.04. The number of pyridine rings is 2. The van der Waals surface area contributed by atoms with Crippen molar-refractivity contribution < 1.29 is 18.7 Å². The number of methoxy groups -OCH3 is 1. The van der Waals surface area contributed by atoms with E-state index in [2.05, 4.69) is 21.4 Å². The third-order valence-corrected chi connectivity index (χ3v) is 5.41. The minimum Gasteiger partial charge on any atom is -0.475 e. The van der Waals surface area contributed by atoms with Crippen LogP contribution in [0.4, 0.5) is 4.39 Å². The fourth-order valence-electron chi connectivity index (χ4n) is 3.85. The van der Waals surface area contributed by atoms with Gasteiger partial charge >= 0.3 is 0 Å². The van der Waals surface area contributed by atoms with Gasteiger partial charge in [-0.15, -0.1) is 0 Å². The van der Waals surface area contributed by atoms with Crippen molar-refractivity contribution in [1.29, 1.82) is 0 Å². The summed E-state index contributed by atoms with van der Waals surface area (Å²) in [5, 5.41) is 3.09. The second-order valence-corrected chi connectivity index (χ2v) is 7.42. The molecular formula is C24H24FN3O3. The van der Waals surface area contributed by atoms with Crippen LogP contribution < -0.4 is 10.1 Å². The zero-order chi connectivity index (χ0) is 21.6. The number of aromatic nitrogens is 2. The van der Waals surface area contributed by atoms with E-state index in [4.69, 9.17) is 9.47 Å². The number of carbonyl (C=O) groups is 1. The van der Waals surface area contributed by atoms with Crippen LogP contribution in [0.3, 0.4) is 0 Å². The molecule has 6 nitrogen and oxygen atoms in total. The number of ether oxygens (including phenoxy) is 2. The molecule has 160 valence electrons. The number of hydrogen-bond acceptors (Lipinski definition) is 5. The van der Waals surface area contributed by atoms with Gasteiger partial charge in [0.2, 0.25) is 11.8 Å². The normalized spacial score (nSPS) is 15.2. The summed E-state index contributed by atoms with van der Waals surface area (Å²) in [5.74, 6) is -0.223. The van der Waals surface area contributed by atoms with Crippen molar-refractivity contribution in [3.63, 3.8) is 0 Å². The number of amides is 1. The van der Waals surface area contributed by atoms with Crippen LogP contribution in [0.25, 0.3) is 11.1 Å². The Morgan fingerprint density at radius 1 is 1.13 bits per heavy atom. The SMILES string of the molecule is COCCOc1ccc(C(=O)NC2CCc3cccc(-c4cccnc4F)c3C2)cn1. The van der Waals surface area contributed by atoms with E-state index in [-0.39, 0.29) is 11.9 Å². The van der Waals surface area contributed by atoms with Crippen LogP contribution in [-0.4, -0.2) is 42.2 Å². The Labute approximate surface area is 180 Å². The topological polar surface area (TPSA) is 73.3 Å². The number of rotatable bonds is 7. The molecule has 0 aliphatic heterocycles. The maximum Gasteiger partial charge on any atom is 0.253 e. The monoisotopic (exact) mass is 421 g/mol. The van der Waals surface area contributed by atoms with Crippen molar-refractivity contribution in [2.24, 2.45) is 0 Å². The molecule has 7 heteroatoms. The highest BCUT2D eigenvalue weighted by atomic mass is 19.1. The smallest absolute Gasteiger partial charge is 0.253 e. The van der Waals surface area contributed by atoms with Crippen molar-refractivity contribution in [3.05, 3.63) is 77.5 Å². The molecule has 1 aliphatic rings. The van der Waals surface area contributed by atoms with Crippen LogP contribution in [-0.2, 0) is 17.6 Å². The van der Waals surface area contributed by atoms with Gasteiger partial charge in [-0.05, 0) is 54.2 Å². The van der Waals surface area contributed by atoms with E-state index >= 15 is 0 Å². The summed E-state index contributed by atoms with van der Waals surface area (Å²) in [4.78, 5) is 20.7. The molecule has 1 unspecified atom stereocenters. The fourth-order valence-corrected chi connectivity index (χ4v) is 3.85. The summed E-state index contributed by atoms with van der Waals surface area (Å²) >= 11 is 0. The van der Waals surface area contributed by atoms with Crippen molar-refractivity contribution in [2.45, 2.75) is 25.3 Å². The van der Waals surface area contributed by atoms with Gasteiger partial charge in [-0.3, -0.25) is 4.79 Å². The molecule has 0 radical (unpaired) electrons. The Bertz CT molecular complexity index is 1060. The Hall–Kier alpha value is -3.32. The molecule has 3 aromatic rings. The van der Waals surface area contributed by atoms with Gasteiger partial charge in [0.05, 0.1) is 12.2 Å². The summed E-state index contributed by atoms with van der Waals surface area (Å²) < 4.78 is 24.7. The van der Waals surface area contributed by atoms with Gasteiger partial charge in [-0.1, -0.05) is 18.2 Å². The Morgan fingerprint density at radius 3 is 2.77 bits per heavy atom. The van der Waals surface area contributed by atoms with E-state index in [0.29, 0.717) is 36.6 Å². The van der Waals surface area contributed by atoms with E-state index < -0.39 is 5.95 Å². The molecule has 0 spiro atoms. The minimum atomic E-state index is -0.485. The molecule has 1 aromatic carbocycles. The molecule has 1 aliphatic carbocycles. The van der Waals surface area contributed by atoms with Gasteiger partial charge in [0.1, 0.15) is 6.61 Å². The van der Waals surface area contributed by atoms with Gasteiger partial charge in [0.15, 0.2) is 0 Å². The highest BCUT2D eigenvalue weighted by molar-refractivity contribution is 5.94. The Kier molecular flexibility index (Phi) is 6.52. The van der Waals surface area contributed by atoms with Crippen LogP contribution in [0.15, 0.2) is 54.9 Å². The van der Waals surface area contributed by atoms with E-state index in [1.165, 1.54) is 18.0 Å². The van der Waals surface area contributed by atoms with Gasteiger partial charge in [0.25, 0.3) is 5.91 Å². The second-order valence-electron chi connectivity index (χ2n) is 7.42. The van der Waals surface area contributed by atoms with Gasteiger partial charge in [-0.25, -0.2) is 9.97 Å². The fraction of sp³-hybridized carbons (Fsp3) is 0.292. The first-order valence-corrected chi connectivity index (χ1v) is 10.3. The molecular weight excluding hydrogens is 397 g/mol. The van der Waals surface area contributed by atoms with Crippen molar-refractivity contribution >= 4 is 5.91 Å². The third kappa shape index (κ3) is 4.88. The number of carbonyl (C=O) groups excluding carboxylic acids is 1. The predicted octanol–water partition coefficient (Wildman–Crippen LogP) is 3.60. The van der Waals surface area contributed by atoms with Gasteiger partial charge in [-0.2, -0.15) is 4.39 Å². The first-order valence-electron chi connectivity index (χ1n) is 10.3. The number of nitrogens with one attached hydrogen (secondary N) is 1. The molecule has 0 saturated heterocycles. The molecule has 2 heterocycles.